The standard InChI is InChI=1S/C16H23N5O2/c1-2-14-18-15(23-19-14)6-3-7-16(22)20-9-4-5-13(11-20)21-10-8-17-12-21/h8,10,12-13H,2-7,9,11H2,1H3/t13-/m0/s1. The van der Waals surface area contributed by atoms with Gasteiger partial charge in [-0.15, -0.1) is 0 Å². The Morgan fingerprint density at radius 3 is 3.13 bits per heavy atom. The number of nitrogens with zero attached hydrogens (tertiary/aromatic N) is 5. The summed E-state index contributed by atoms with van der Waals surface area (Å²) in [6.45, 7) is 3.62. The van der Waals surface area contributed by atoms with Gasteiger partial charge in [0.25, 0.3) is 0 Å². The van der Waals surface area contributed by atoms with Crippen molar-refractivity contribution in [3.05, 3.63) is 30.4 Å². The Bertz CT molecular complexity index is 622. The van der Waals surface area contributed by atoms with Gasteiger partial charge in [-0.1, -0.05) is 12.1 Å². The fraction of sp³-hybridized carbons (Fsp3) is 0.625. The second-order valence-electron chi connectivity index (χ2n) is 5.96. The molecule has 0 saturated carbocycles. The van der Waals surface area contributed by atoms with Crippen LogP contribution in [0.3, 0.4) is 0 Å². The first kappa shape index (κ1) is 15.7. The maximum Gasteiger partial charge on any atom is 0.226 e. The van der Waals surface area contributed by atoms with Gasteiger partial charge in [-0.25, -0.2) is 4.98 Å². The Morgan fingerprint density at radius 1 is 1.48 bits per heavy atom. The quantitative estimate of drug-likeness (QED) is 0.814. The third kappa shape index (κ3) is 3.97. The molecule has 0 N–H and O–H groups in total. The zero-order chi connectivity index (χ0) is 16.1. The first-order valence-corrected chi connectivity index (χ1v) is 8.33. The van der Waals surface area contributed by atoms with E-state index in [4.69, 9.17) is 4.52 Å². The molecule has 2 aromatic rings. The van der Waals surface area contributed by atoms with E-state index in [0.29, 0.717) is 24.8 Å². The number of carbonyl (C=O) groups excluding carboxylic acids is 1. The van der Waals surface area contributed by atoms with Crippen LogP contribution in [-0.4, -0.2) is 43.6 Å². The minimum absolute atomic E-state index is 0.213. The summed E-state index contributed by atoms with van der Waals surface area (Å²) < 4.78 is 7.25. The summed E-state index contributed by atoms with van der Waals surface area (Å²) >= 11 is 0. The van der Waals surface area contributed by atoms with E-state index in [1.165, 1.54) is 0 Å². The molecule has 0 aromatic carbocycles. The number of aromatic nitrogens is 4. The van der Waals surface area contributed by atoms with Crippen LogP contribution in [0, 0.1) is 0 Å². The molecule has 0 radical (unpaired) electrons. The van der Waals surface area contributed by atoms with E-state index >= 15 is 0 Å². The summed E-state index contributed by atoms with van der Waals surface area (Å²) in [4.78, 5) is 22.7. The molecule has 124 valence electrons. The van der Waals surface area contributed by atoms with Crippen molar-refractivity contribution in [1.29, 1.82) is 0 Å². The summed E-state index contributed by atoms with van der Waals surface area (Å²) in [5.74, 6) is 1.57. The fourth-order valence-corrected chi connectivity index (χ4v) is 2.99. The van der Waals surface area contributed by atoms with Crippen LogP contribution < -0.4 is 0 Å². The van der Waals surface area contributed by atoms with Gasteiger partial charge < -0.3 is 14.0 Å². The van der Waals surface area contributed by atoms with Crippen molar-refractivity contribution in [2.24, 2.45) is 0 Å². The van der Waals surface area contributed by atoms with Gasteiger partial charge in [0.15, 0.2) is 5.82 Å². The van der Waals surface area contributed by atoms with E-state index in [-0.39, 0.29) is 5.91 Å². The predicted molar refractivity (Wildman–Crippen MR) is 83.7 cm³/mol. The van der Waals surface area contributed by atoms with Crippen molar-refractivity contribution in [3.63, 3.8) is 0 Å². The van der Waals surface area contributed by atoms with E-state index in [1.54, 1.807) is 6.20 Å². The molecule has 3 heterocycles. The highest BCUT2D eigenvalue weighted by molar-refractivity contribution is 5.76. The van der Waals surface area contributed by atoms with Gasteiger partial charge >= 0.3 is 0 Å². The molecule has 1 aliphatic rings. The van der Waals surface area contributed by atoms with E-state index in [0.717, 1.165) is 44.6 Å². The van der Waals surface area contributed by atoms with E-state index in [9.17, 15) is 4.79 Å². The van der Waals surface area contributed by atoms with Crippen LogP contribution in [0.1, 0.15) is 50.4 Å². The molecule has 0 bridgehead atoms. The molecule has 1 saturated heterocycles. The number of carbonyl (C=O) groups is 1. The van der Waals surface area contributed by atoms with Crippen LogP contribution in [0.4, 0.5) is 0 Å². The van der Waals surface area contributed by atoms with Crippen molar-refractivity contribution in [1.82, 2.24) is 24.6 Å². The highest BCUT2D eigenvalue weighted by Crippen LogP contribution is 2.22. The number of imidazole rings is 1. The Hall–Kier alpha value is -2.18. The number of likely N-dealkylation sites (tertiary alicyclic amines) is 1. The van der Waals surface area contributed by atoms with Crippen molar-refractivity contribution >= 4 is 5.91 Å². The Labute approximate surface area is 135 Å². The van der Waals surface area contributed by atoms with Gasteiger partial charge in [0.1, 0.15) is 0 Å². The second-order valence-corrected chi connectivity index (χ2v) is 5.96. The molecule has 2 aromatic heterocycles. The van der Waals surface area contributed by atoms with Crippen LogP contribution in [0.25, 0.3) is 0 Å². The Morgan fingerprint density at radius 2 is 2.39 bits per heavy atom. The van der Waals surface area contributed by atoms with Gasteiger partial charge in [-0.05, 0) is 19.3 Å². The van der Waals surface area contributed by atoms with Crippen LogP contribution in [0.15, 0.2) is 23.2 Å². The molecule has 1 atom stereocenters. The number of hydrogen-bond acceptors (Lipinski definition) is 5. The minimum atomic E-state index is 0.213. The molecule has 0 unspecified atom stereocenters. The zero-order valence-corrected chi connectivity index (χ0v) is 13.5. The summed E-state index contributed by atoms with van der Waals surface area (Å²) in [6.07, 6.45) is 10.4. The number of hydrogen-bond donors (Lipinski definition) is 0. The number of aryl methyl sites for hydroxylation is 2. The number of amides is 1. The number of rotatable bonds is 6. The van der Waals surface area contributed by atoms with Crippen molar-refractivity contribution < 1.29 is 9.32 Å². The van der Waals surface area contributed by atoms with Gasteiger partial charge in [0.2, 0.25) is 11.8 Å². The first-order valence-electron chi connectivity index (χ1n) is 8.33. The highest BCUT2D eigenvalue weighted by Gasteiger charge is 2.24. The maximum absolute atomic E-state index is 12.4. The van der Waals surface area contributed by atoms with Crippen LogP contribution in [0.5, 0.6) is 0 Å². The monoisotopic (exact) mass is 317 g/mol. The Balaban J connectivity index is 1.46. The lowest BCUT2D eigenvalue weighted by Crippen LogP contribution is -2.40. The fourth-order valence-electron chi connectivity index (χ4n) is 2.99. The third-order valence-electron chi connectivity index (χ3n) is 4.30. The molecule has 0 spiro atoms. The van der Waals surface area contributed by atoms with Gasteiger partial charge in [-0.2, -0.15) is 4.98 Å². The topological polar surface area (TPSA) is 77.0 Å². The normalized spacial score (nSPS) is 18.3. The minimum Gasteiger partial charge on any atom is -0.341 e. The van der Waals surface area contributed by atoms with Crippen LogP contribution >= 0.6 is 0 Å². The largest absolute Gasteiger partial charge is 0.341 e. The summed E-state index contributed by atoms with van der Waals surface area (Å²) in [7, 11) is 0. The molecule has 7 heteroatoms. The lowest BCUT2D eigenvalue weighted by atomic mass is 10.0. The van der Waals surface area contributed by atoms with Gasteiger partial charge in [0.05, 0.1) is 12.4 Å². The van der Waals surface area contributed by atoms with E-state index in [1.807, 2.05) is 24.3 Å². The maximum atomic E-state index is 12.4. The molecule has 23 heavy (non-hydrogen) atoms. The number of piperidine rings is 1. The van der Waals surface area contributed by atoms with Crippen molar-refractivity contribution in [3.8, 4) is 0 Å². The molecular weight excluding hydrogens is 294 g/mol. The zero-order valence-electron chi connectivity index (χ0n) is 13.5. The van der Waals surface area contributed by atoms with Gasteiger partial charge in [-0.3, -0.25) is 4.79 Å². The lowest BCUT2D eigenvalue weighted by molar-refractivity contribution is -0.132. The van der Waals surface area contributed by atoms with Gasteiger partial charge in [0, 0.05) is 44.7 Å². The molecular formula is C16H23N5O2. The molecule has 1 fully saturated rings. The molecule has 1 aliphatic heterocycles. The third-order valence-corrected chi connectivity index (χ3v) is 4.30. The molecule has 1 amide bonds. The van der Waals surface area contributed by atoms with Crippen molar-refractivity contribution in [2.45, 2.75) is 51.5 Å². The van der Waals surface area contributed by atoms with Crippen molar-refractivity contribution in [2.75, 3.05) is 13.1 Å². The Kier molecular flexibility index (Phi) is 5.05. The highest BCUT2D eigenvalue weighted by atomic mass is 16.5. The average molecular weight is 317 g/mol. The summed E-state index contributed by atoms with van der Waals surface area (Å²) in [6, 6.07) is 0.346. The van der Waals surface area contributed by atoms with E-state index < -0.39 is 0 Å². The molecule has 3 rings (SSSR count). The summed E-state index contributed by atoms with van der Waals surface area (Å²) in [5.41, 5.74) is 0. The average Bonchev–Trinajstić information content (AvgIpc) is 3.26. The predicted octanol–water partition coefficient (Wildman–Crippen LogP) is 2.01. The second kappa shape index (κ2) is 7.39. The SMILES string of the molecule is CCc1noc(CCCC(=O)N2CCC[C@H](n3ccnc3)C2)n1. The van der Waals surface area contributed by atoms with Crippen LogP contribution in [-0.2, 0) is 17.6 Å². The lowest BCUT2D eigenvalue weighted by Gasteiger charge is -2.33. The van der Waals surface area contributed by atoms with E-state index in [2.05, 4.69) is 19.7 Å². The molecule has 7 nitrogen and oxygen atoms in total. The first-order chi connectivity index (χ1) is 11.3. The molecule has 0 aliphatic carbocycles. The smallest absolute Gasteiger partial charge is 0.226 e. The van der Waals surface area contributed by atoms with Crippen LogP contribution in [0.2, 0.25) is 0 Å². The summed E-state index contributed by atoms with van der Waals surface area (Å²) in [5, 5.41) is 3.87.